The van der Waals surface area contributed by atoms with E-state index in [9.17, 15) is 9.90 Å². The maximum Gasteiger partial charge on any atom is 0.316 e. The van der Waals surface area contributed by atoms with Gasteiger partial charge in [-0.25, -0.2) is 15.0 Å². The molecule has 1 unspecified atom stereocenters. The highest BCUT2D eigenvalue weighted by atomic mass is 16.5. The number of rotatable bonds is 9. The molecule has 8 nitrogen and oxygen atoms in total. The zero-order valence-corrected chi connectivity index (χ0v) is 18.0. The first kappa shape index (κ1) is 21.3. The maximum absolute atomic E-state index is 11.3. The van der Waals surface area contributed by atoms with Crippen molar-refractivity contribution in [3.8, 4) is 17.1 Å². The second kappa shape index (κ2) is 9.47. The molecule has 0 aliphatic heterocycles. The van der Waals surface area contributed by atoms with Gasteiger partial charge in [0, 0.05) is 29.8 Å². The van der Waals surface area contributed by atoms with Gasteiger partial charge in [0.2, 0.25) is 0 Å². The van der Waals surface area contributed by atoms with Crippen LogP contribution in [0.3, 0.4) is 0 Å². The molecule has 1 atom stereocenters. The van der Waals surface area contributed by atoms with E-state index < -0.39 is 5.97 Å². The van der Waals surface area contributed by atoms with Crippen LogP contribution in [-0.4, -0.2) is 37.0 Å². The van der Waals surface area contributed by atoms with Crippen LogP contribution in [0, 0.1) is 0 Å². The summed E-state index contributed by atoms with van der Waals surface area (Å²) in [5.41, 5.74) is 5.33. The average Bonchev–Trinajstić information content (AvgIpc) is 3.27. The van der Waals surface area contributed by atoms with Crippen LogP contribution in [-0.2, 0) is 4.79 Å². The van der Waals surface area contributed by atoms with Crippen molar-refractivity contribution in [1.82, 2.24) is 19.4 Å². The highest BCUT2D eigenvalue weighted by molar-refractivity contribution is 5.83. The summed E-state index contributed by atoms with van der Waals surface area (Å²) in [5, 5.41) is 12.7. The topological polar surface area (TPSA) is 102 Å². The van der Waals surface area contributed by atoms with Gasteiger partial charge in [0.1, 0.15) is 5.65 Å². The van der Waals surface area contributed by atoms with Gasteiger partial charge in [-0.15, -0.1) is 0 Å². The lowest BCUT2D eigenvalue weighted by Gasteiger charge is -2.18. The third kappa shape index (κ3) is 4.69. The van der Waals surface area contributed by atoms with E-state index in [-0.39, 0.29) is 12.3 Å². The van der Waals surface area contributed by atoms with E-state index in [1.165, 1.54) is 0 Å². The molecular weight excluding hydrogens is 406 g/mol. The van der Waals surface area contributed by atoms with Crippen LogP contribution in [0.15, 0.2) is 61.3 Å². The van der Waals surface area contributed by atoms with Gasteiger partial charge in [0.25, 0.3) is 0 Å². The molecule has 0 aliphatic carbocycles. The largest absolute Gasteiger partial charge is 0.481 e. The lowest BCUT2D eigenvalue weighted by molar-refractivity contribution is -0.137. The second-order valence-electron chi connectivity index (χ2n) is 7.43. The lowest BCUT2D eigenvalue weighted by atomic mass is 9.90. The molecule has 3 aromatic heterocycles. The number of benzene rings is 1. The molecule has 0 bridgehead atoms. The Morgan fingerprint density at radius 3 is 2.66 bits per heavy atom. The van der Waals surface area contributed by atoms with E-state index in [0.29, 0.717) is 18.3 Å². The summed E-state index contributed by atoms with van der Waals surface area (Å²) in [4.78, 5) is 24.2. The zero-order valence-electron chi connectivity index (χ0n) is 18.0. The summed E-state index contributed by atoms with van der Waals surface area (Å²) in [7, 11) is 0. The molecule has 0 fully saturated rings. The van der Waals surface area contributed by atoms with E-state index in [2.05, 4.69) is 20.3 Å². The summed E-state index contributed by atoms with van der Waals surface area (Å²) in [6.45, 7) is 4.38. The van der Waals surface area contributed by atoms with Gasteiger partial charge in [0.05, 0.1) is 31.1 Å². The minimum atomic E-state index is -0.805. The fourth-order valence-electron chi connectivity index (χ4n) is 3.70. The van der Waals surface area contributed by atoms with Gasteiger partial charge in [-0.2, -0.15) is 0 Å². The molecule has 164 valence electrons. The van der Waals surface area contributed by atoms with Crippen LogP contribution in [0.5, 0.6) is 6.01 Å². The van der Waals surface area contributed by atoms with Crippen molar-refractivity contribution in [2.24, 2.45) is 0 Å². The molecule has 0 aliphatic rings. The smallest absolute Gasteiger partial charge is 0.316 e. The summed E-state index contributed by atoms with van der Waals surface area (Å²) in [5.74, 6) is -0.881. The van der Waals surface area contributed by atoms with Crippen LogP contribution in [0.25, 0.3) is 16.8 Å². The fourth-order valence-corrected chi connectivity index (χ4v) is 3.70. The Morgan fingerprint density at radius 1 is 1.12 bits per heavy atom. The Kier molecular flexibility index (Phi) is 6.30. The Labute approximate surface area is 185 Å². The molecule has 4 aromatic rings. The monoisotopic (exact) mass is 431 g/mol. The third-order valence-electron chi connectivity index (χ3n) is 5.32. The van der Waals surface area contributed by atoms with Gasteiger partial charge in [0.15, 0.2) is 0 Å². The third-order valence-corrected chi connectivity index (χ3v) is 5.32. The predicted octanol–water partition coefficient (Wildman–Crippen LogP) is 4.90. The first-order valence-corrected chi connectivity index (χ1v) is 10.6. The fraction of sp³-hybridized carbons (Fsp3) is 0.250. The Morgan fingerprint density at radius 2 is 1.94 bits per heavy atom. The van der Waals surface area contributed by atoms with E-state index in [0.717, 1.165) is 34.4 Å². The minimum Gasteiger partial charge on any atom is -0.481 e. The summed E-state index contributed by atoms with van der Waals surface area (Å²) in [6, 6.07) is 10.4. The highest BCUT2D eigenvalue weighted by Crippen LogP contribution is 2.35. The number of carboxylic acid groups (broad SMARTS) is 1. The van der Waals surface area contributed by atoms with Crippen LogP contribution >= 0.6 is 0 Å². The second-order valence-corrected chi connectivity index (χ2v) is 7.43. The van der Waals surface area contributed by atoms with Crippen LogP contribution in [0.1, 0.15) is 38.2 Å². The first-order chi connectivity index (χ1) is 15.6. The van der Waals surface area contributed by atoms with E-state index in [1.807, 2.05) is 61.0 Å². The van der Waals surface area contributed by atoms with Crippen LogP contribution < -0.4 is 10.1 Å². The Bertz CT molecular complexity index is 1220. The molecule has 0 saturated heterocycles. The van der Waals surface area contributed by atoms with Gasteiger partial charge in [-0.1, -0.05) is 19.1 Å². The molecule has 2 N–H and O–H groups in total. The number of hydrogen-bond acceptors (Lipinski definition) is 6. The molecule has 8 heteroatoms. The molecule has 0 saturated carbocycles. The molecular formula is C24H25N5O3. The number of anilines is 2. The highest BCUT2D eigenvalue weighted by Gasteiger charge is 2.17. The van der Waals surface area contributed by atoms with Crippen LogP contribution in [0.4, 0.5) is 11.4 Å². The average molecular weight is 431 g/mol. The molecule has 3 heterocycles. The zero-order chi connectivity index (χ0) is 22.5. The molecule has 4 rings (SSSR count). The van der Waals surface area contributed by atoms with Gasteiger partial charge in [-0.05, 0) is 48.6 Å². The SMILES string of the molecule is CCOc1ncc(Nc2cc(C(CC)CC(=O)O)ccc2-c2ccn3ccnc3c2)cn1. The predicted molar refractivity (Wildman–Crippen MR) is 122 cm³/mol. The molecule has 0 amide bonds. The Balaban J connectivity index is 1.74. The Hall–Kier alpha value is -3.94. The maximum atomic E-state index is 11.3. The number of nitrogens with zero attached hydrogens (tertiary/aromatic N) is 4. The lowest BCUT2D eigenvalue weighted by Crippen LogP contribution is -2.06. The first-order valence-electron chi connectivity index (χ1n) is 10.6. The number of pyridine rings is 1. The number of fused-ring (bicyclic) bond motifs is 1. The number of ether oxygens (including phenoxy) is 1. The number of nitrogens with one attached hydrogen (secondary N) is 1. The van der Waals surface area contributed by atoms with Crippen molar-refractivity contribution >= 4 is 23.0 Å². The van der Waals surface area contributed by atoms with Crippen molar-refractivity contribution in [1.29, 1.82) is 0 Å². The molecule has 0 radical (unpaired) electrons. The quantitative estimate of drug-likeness (QED) is 0.388. The van der Waals surface area contributed by atoms with Crippen molar-refractivity contribution in [2.45, 2.75) is 32.6 Å². The van der Waals surface area contributed by atoms with Gasteiger partial charge in [-0.3, -0.25) is 4.79 Å². The van der Waals surface area contributed by atoms with Gasteiger partial charge >= 0.3 is 12.0 Å². The number of aliphatic carboxylic acids is 1. The van der Waals surface area contributed by atoms with Crippen LogP contribution in [0.2, 0.25) is 0 Å². The van der Waals surface area contributed by atoms with E-state index in [4.69, 9.17) is 4.74 Å². The van der Waals surface area contributed by atoms with E-state index in [1.54, 1.807) is 18.6 Å². The normalized spacial score (nSPS) is 11.9. The van der Waals surface area contributed by atoms with Crippen molar-refractivity contribution in [3.63, 3.8) is 0 Å². The minimum absolute atomic E-state index is 0.0755. The van der Waals surface area contributed by atoms with Crippen molar-refractivity contribution < 1.29 is 14.6 Å². The molecule has 1 aromatic carbocycles. The summed E-state index contributed by atoms with van der Waals surface area (Å²) in [6.07, 6.45) is 9.78. The van der Waals surface area contributed by atoms with Gasteiger partial charge < -0.3 is 19.6 Å². The molecule has 32 heavy (non-hydrogen) atoms. The number of imidazole rings is 1. The summed E-state index contributed by atoms with van der Waals surface area (Å²) >= 11 is 0. The van der Waals surface area contributed by atoms with Crippen molar-refractivity contribution in [3.05, 3.63) is 66.9 Å². The van der Waals surface area contributed by atoms with E-state index >= 15 is 0 Å². The van der Waals surface area contributed by atoms with Crippen molar-refractivity contribution in [2.75, 3.05) is 11.9 Å². The number of carboxylic acids is 1. The number of aromatic nitrogens is 4. The summed E-state index contributed by atoms with van der Waals surface area (Å²) < 4.78 is 7.27. The number of hydrogen-bond donors (Lipinski definition) is 2. The number of carbonyl (C=O) groups is 1. The molecule has 0 spiro atoms. The standard InChI is InChI=1S/C24H25N5O3/c1-3-16(13-23(30)31)17-5-6-20(18-7-9-29-10-8-25-22(29)12-18)21(11-17)28-19-14-26-24(27-15-19)32-4-2/h5-12,14-16,28H,3-4,13H2,1-2H3,(H,30,31).